The Kier molecular flexibility index (Phi) is 5.68. The van der Waals surface area contributed by atoms with E-state index in [1.165, 1.54) is 6.42 Å². The molecule has 0 aromatic carbocycles. The number of hydrogen-bond acceptors (Lipinski definition) is 3. The fourth-order valence-corrected chi connectivity index (χ4v) is 1.66. The quantitative estimate of drug-likeness (QED) is 0.644. The lowest BCUT2D eigenvalue weighted by Crippen LogP contribution is -2.39. The maximum atomic E-state index is 5.52. The summed E-state index contributed by atoms with van der Waals surface area (Å²) in [5.41, 5.74) is 0.945. The number of unbranched alkanes of at least 4 members (excludes halogenated alkanes) is 1. The molecule has 0 amide bonds. The molecule has 0 saturated heterocycles. The Balaban J connectivity index is 2.49. The first kappa shape index (κ1) is 14.5. The molecule has 1 aromatic heterocycles. The number of oxazole rings is 1. The van der Waals surface area contributed by atoms with Crippen molar-refractivity contribution in [2.75, 3.05) is 20.6 Å². The molecule has 0 saturated carbocycles. The molecule has 5 nitrogen and oxygen atoms in total. The van der Waals surface area contributed by atoms with E-state index in [0.29, 0.717) is 12.4 Å². The predicted molar refractivity (Wildman–Crippen MR) is 73.7 cm³/mol. The second kappa shape index (κ2) is 7.03. The van der Waals surface area contributed by atoms with Crippen molar-refractivity contribution in [2.45, 2.75) is 40.2 Å². The van der Waals surface area contributed by atoms with Crippen molar-refractivity contribution in [3.8, 4) is 0 Å². The van der Waals surface area contributed by atoms with Gasteiger partial charge < -0.3 is 14.6 Å². The number of aromatic nitrogens is 1. The van der Waals surface area contributed by atoms with Gasteiger partial charge in [-0.3, -0.25) is 4.99 Å². The summed E-state index contributed by atoms with van der Waals surface area (Å²) in [5.74, 6) is 2.45. The number of guanidine groups is 1. The van der Waals surface area contributed by atoms with Crippen LogP contribution in [0.3, 0.4) is 0 Å². The molecular formula is C13H24N4O. The molecule has 0 aliphatic rings. The summed E-state index contributed by atoms with van der Waals surface area (Å²) in [6.45, 7) is 7.62. The van der Waals surface area contributed by atoms with Gasteiger partial charge in [0.05, 0.1) is 12.2 Å². The number of nitrogens with one attached hydrogen (secondary N) is 1. The van der Waals surface area contributed by atoms with Crippen LogP contribution in [-0.4, -0.2) is 36.5 Å². The third-order valence-corrected chi connectivity index (χ3v) is 2.89. The van der Waals surface area contributed by atoms with Gasteiger partial charge in [-0.05, 0) is 20.3 Å². The molecule has 0 fully saturated rings. The molecule has 102 valence electrons. The Morgan fingerprint density at radius 2 is 2.17 bits per heavy atom. The Morgan fingerprint density at radius 1 is 1.44 bits per heavy atom. The van der Waals surface area contributed by atoms with E-state index in [1.807, 2.05) is 20.9 Å². The molecule has 0 unspecified atom stereocenters. The number of rotatable bonds is 5. The predicted octanol–water partition coefficient (Wildman–Crippen LogP) is 2.10. The minimum atomic E-state index is 0.567. The Morgan fingerprint density at radius 3 is 2.67 bits per heavy atom. The molecule has 1 rings (SSSR count). The zero-order chi connectivity index (χ0) is 13.5. The van der Waals surface area contributed by atoms with E-state index in [-0.39, 0.29) is 0 Å². The van der Waals surface area contributed by atoms with Crippen LogP contribution < -0.4 is 5.32 Å². The minimum Gasteiger partial charge on any atom is -0.444 e. The minimum absolute atomic E-state index is 0.567. The van der Waals surface area contributed by atoms with Crippen LogP contribution in [0.5, 0.6) is 0 Å². The molecule has 0 spiro atoms. The first-order valence-electron chi connectivity index (χ1n) is 6.43. The van der Waals surface area contributed by atoms with Crippen LogP contribution in [0, 0.1) is 13.8 Å². The van der Waals surface area contributed by atoms with Gasteiger partial charge in [0.15, 0.2) is 5.96 Å². The molecule has 1 heterocycles. The van der Waals surface area contributed by atoms with E-state index < -0.39 is 0 Å². The van der Waals surface area contributed by atoms with Crippen LogP contribution in [0.4, 0.5) is 0 Å². The van der Waals surface area contributed by atoms with Gasteiger partial charge in [-0.15, -0.1) is 0 Å². The van der Waals surface area contributed by atoms with Crippen molar-refractivity contribution < 1.29 is 4.42 Å². The van der Waals surface area contributed by atoms with Crippen molar-refractivity contribution >= 4 is 5.96 Å². The maximum Gasteiger partial charge on any atom is 0.214 e. The second-order valence-corrected chi connectivity index (χ2v) is 4.43. The standard InChI is InChI=1S/C13H24N4O/c1-6-7-8-17(5)13(14-4)15-9-12-16-10(2)11(3)18-12/h6-9H2,1-5H3,(H,14,15). The van der Waals surface area contributed by atoms with E-state index in [1.54, 1.807) is 7.05 Å². The van der Waals surface area contributed by atoms with Gasteiger partial charge in [-0.2, -0.15) is 0 Å². The lowest BCUT2D eigenvalue weighted by atomic mass is 10.3. The van der Waals surface area contributed by atoms with E-state index in [2.05, 4.69) is 27.1 Å². The molecule has 0 bridgehead atoms. The van der Waals surface area contributed by atoms with Crippen molar-refractivity contribution in [3.63, 3.8) is 0 Å². The van der Waals surface area contributed by atoms with E-state index in [4.69, 9.17) is 4.42 Å². The first-order valence-corrected chi connectivity index (χ1v) is 6.43. The SMILES string of the molecule is CCCCN(C)C(=NC)NCc1nc(C)c(C)o1. The lowest BCUT2D eigenvalue weighted by Gasteiger charge is -2.21. The smallest absolute Gasteiger partial charge is 0.214 e. The average molecular weight is 252 g/mol. The van der Waals surface area contributed by atoms with E-state index >= 15 is 0 Å². The van der Waals surface area contributed by atoms with Crippen molar-refractivity contribution in [3.05, 3.63) is 17.3 Å². The van der Waals surface area contributed by atoms with Crippen LogP contribution in [0.15, 0.2) is 9.41 Å². The van der Waals surface area contributed by atoms with Gasteiger partial charge in [0.25, 0.3) is 0 Å². The third kappa shape index (κ3) is 4.05. The zero-order valence-electron chi connectivity index (χ0n) is 12.1. The highest BCUT2D eigenvalue weighted by atomic mass is 16.4. The van der Waals surface area contributed by atoms with Crippen LogP contribution in [0.25, 0.3) is 0 Å². The van der Waals surface area contributed by atoms with Gasteiger partial charge in [-0.25, -0.2) is 4.98 Å². The normalized spacial score (nSPS) is 11.7. The highest BCUT2D eigenvalue weighted by molar-refractivity contribution is 5.79. The third-order valence-electron chi connectivity index (χ3n) is 2.89. The fraction of sp³-hybridized carbons (Fsp3) is 0.692. The summed E-state index contributed by atoms with van der Waals surface area (Å²) in [7, 11) is 3.83. The Labute approximate surface area is 109 Å². The summed E-state index contributed by atoms with van der Waals surface area (Å²) in [6, 6.07) is 0. The highest BCUT2D eigenvalue weighted by Crippen LogP contribution is 2.07. The molecular weight excluding hydrogens is 228 g/mol. The first-order chi connectivity index (χ1) is 8.58. The molecule has 0 aliphatic heterocycles. The number of nitrogens with zero attached hydrogens (tertiary/aromatic N) is 3. The van der Waals surface area contributed by atoms with Gasteiger partial charge in [0.1, 0.15) is 5.76 Å². The molecule has 0 radical (unpaired) electrons. The van der Waals surface area contributed by atoms with Gasteiger partial charge in [0.2, 0.25) is 5.89 Å². The van der Waals surface area contributed by atoms with Crippen LogP contribution >= 0.6 is 0 Å². The van der Waals surface area contributed by atoms with Crippen LogP contribution in [-0.2, 0) is 6.54 Å². The Hall–Kier alpha value is -1.52. The van der Waals surface area contributed by atoms with Gasteiger partial charge in [0, 0.05) is 20.6 Å². The number of aryl methyl sites for hydroxylation is 2. The summed E-state index contributed by atoms with van der Waals surface area (Å²) < 4.78 is 5.52. The van der Waals surface area contributed by atoms with Gasteiger partial charge in [-0.1, -0.05) is 13.3 Å². The topological polar surface area (TPSA) is 53.7 Å². The molecule has 18 heavy (non-hydrogen) atoms. The summed E-state index contributed by atoms with van der Waals surface area (Å²) >= 11 is 0. The summed E-state index contributed by atoms with van der Waals surface area (Å²) in [4.78, 5) is 10.7. The van der Waals surface area contributed by atoms with E-state index in [9.17, 15) is 0 Å². The summed E-state index contributed by atoms with van der Waals surface area (Å²) in [5, 5.41) is 3.25. The van der Waals surface area contributed by atoms with Crippen molar-refractivity contribution in [2.24, 2.45) is 4.99 Å². The molecule has 1 N–H and O–H groups in total. The lowest BCUT2D eigenvalue weighted by molar-refractivity contribution is 0.439. The second-order valence-electron chi connectivity index (χ2n) is 4.43. The van der Waals surface area contributed by atoms with Crippen molar-refractivity contribution in [1.29, 1.82) is 0 Å². The maximum absolute atomic E-state index is 5.52. The highest BCUT2D eigenvalue weighted by Gasteiger charge is 2.08. The van der Waals surface area contributed by atoms with Gasteiger partial charge >= 0.3 is 0 Å². The fourth-order valence-electron chi connectivity index (χ4n) is 1.66. The monoisotopic (exact) mass is 252 g/mol. The van der Waals surface area contributed by atoms with Crippen LogP contribution in [0.2, 0.25) is 0 Å². The molecule has 0 atom stereocenters. The number of hydrogen-bond donors (Lipinski definition) is 1. The molecule has 1 aromatic rings. The van der Waals surface area contributed by atoms with Crippen LogP contribution in [0.1, 0.15) is 37.1 Å². The van der Waals surface area contributed by atoms with E-state index in [0.717, 1.165) is 30.4 Å². The average Bonchev–Trinajstić information content (AvgIpc) is 2.67. The molecule has 0 aliphatic carbocycles. The molecule has 5 heteroatoms. The van der Waals surface area contributed by atoms with Crippen molar-refractivity contribution in [1.82, 2.24) is 15.2 Å². The number of aliphatic imine (C=N–C) groups is 1. The zero-order valence-corrected chi connectivity index (χ0v) is 12.1. The Bertz CT molecular complexity index is 378. The summed E-state index contributed by atoms with van der Waals surface area (Å²) in [6.07, 6.45) is 2.34. The largest absolute Gasteiger partial charge is 0.444 e.